The number of nitrogens with two attached hydrogens (primary N) is 2. The van der Waals surface area contributed by atoms with E-state index >= 15 is 0 Å². The second-order valence-corrected chi connectivity index (χ2v) is 3.26. The lowest BCUT2D eigenvalue weighted by Gasteiger charge is -2.34. The molecule has 6 heteroatoms. The number of carboxylic acids is 1. The van der Waals surface area contributed by atoms with Crippen LogP contribution in [-0.2, 0) is 14.5 Å². The van der Waals surface area contributed by atoms with Crippen molar-refractivity contribution in [2.75, 3.05) is 0 Å². The van der Waals surface area contributed by atoms with E-state index in [0.29, 0.717) is 25.7 Å². The van der Waals surface area contributed by atoms with Gasteiger partial charge >= 0.3 is 5.97 Å². The third kappa shape index (κ3) is 2.16. The van der Waals surface area contributed by atoms with Gasteiger partial charge in [0.05, 0.1) is 5.92 Å². The van der Waals surface area contributed by atoms with Crippen LogP contribution < -0.4 is 11.8 Å². The van der Waals surface area contributed by atoms with Crippen LogP contribution in [0.1, 0.15) is 25.7 Å². The highest BCUT2D eigenvalue weighted by Crippen LogP contribution is 2.33. The Morgan fingerprint density at radius 1 is 1.31 bits per heavy atom. The first-order valence-corrected chi connectivity index (χ1v) is 4.12. The fraction of sp³-hybridized carbons (Fsp3) is 0.857. The summed E-state index contributed by atoms with van der Waals surface area (Å²) in [6.07, 6.45) is 1.78. The summed E-state index contributed by atoms with van der Waals surface area (Å²) in [6, 6.07) is 0. The maximum absolute atomic E-state index is 10.6. The summed E-state index contributed by atoms with van der Waals surface area (Å²) in [7, 11) is 0. The molecule has 0 saturated heterocycles. The summed E-state index contributed by atoms with van der Waals surface area (Å²) in [5, 5.41) is 8.71. The summed E-state index contributed by atoms with van der Waals surface area (Å²) in [6.45, 7) is 0. The second kappa shape index (κ2) is 4.01. The minimum Gasteiger partial charge on any atom is -0.481 e. The molecule has 0 spiro atoms. The van der Waals surface area contributed by atoms with Gasteiger partial charge in [-0.1, -0.05) is 0 Å². The van der Waals surface area contributed by atoms with E-state index in [9.17, 15) is 4.79 Å². The fourth-order valence-electron chi connectivity index (χ4n) is 1.57. The number of hydrogen-bond acceptors (Lipinski definition) is 5. The molecule has 6 nitrogen and oxygen atoms in total. The minimum absolute atomic E-state index is 0.335. The van der Waals surface area contributed by atoms with E-state index < -0.39 is 11.8 Å². The van der Waals surface area contributed by atoms with Crippen LogP contribution in [0.3, 0.4) is 0 Å². The maximum atomic E-state index is 10.6. The highest BCUT2D eigenvalue weighted by atomic mass is 16.8. The van der Waals surface area contributed by atoms with Crippen LogP contribution in [0.2, 0.25) is 0 Å². The Labute approximate surface area is 75.7 Å². The molecule has 1 aliphatic carbocycles. The molecule has 0 aromatic carbocycles. The SMILES string of the molecule is NOC1(ON)CCC(C(=O)O)CC1. The summed E-state index contributed by atoms with van der Waals surface area (Å²) in [5.74, 6) is 7.93. The molecule has 1 aliphatic rings. The first-order chi connectivity index (χ1) is 6.13. The highest BCUT2D eigenvalue weighted by molar-refractivity contribution is 5.70. The molecule has 1 saturated carbocycles. The third-order valence-electron chi connectivity index (χ3n) is 2.53. The van der Waals surface area contributed by atoms with Crippen molar-refractivity contribution >= 4 is 5.97 Å². The van der Waals surface area contributed by atoms with Gasteiger partial charge in [0.15, 0.2) is 0 Å². The van der Waals surface area contributed by atoms with Crippen molar-refractivity contribution in [2.24, 2.45) is 17.7 Å². The molecule has 0 aliphatic heterocycles. The van der Waals surface area contributed by atoms with Crippen molar-refractivity contribution in [2.45, 2.75) is 31.5 Å². The predicted molar refractivity (Wildman–Crippen MR) is 42.9 cm³/mol. The van der Waals surface area contributed by atoms with E-state index in [0.717, 1.165) is 0 Å². The average molecular weight is 190 g/mol. The van der Waals surface area contributed by atoms with Gasteiger partial charge in [-0.15, -0.1) is 0 Å². The quantitative estimate of drug-likeness (QED) is 0.418. The monoisotopic (exact) mass is 190 g/mol. The van der Waals surface area contributed by atoms with Gasteiger partial charge in [-0.3, -0.25) is 14.5 Å². The first kappa shape index (κ1) is 10.4. The Balaban J connectivity index is 2.50. The van der Waals surface area contributed by atoms with Crippen LogP contribution in [0.4, 0.5) is 0 Å². The van der Waals surface area contributed by atoms with Gasteiger partial charge in [0.25, 0.3) is 0 Å². The molecular weight excluding hydrogens is 176 g/mol. The van der Waals surface area contributed by atoms with E-state index in [1.807, 2.05) is 0 Å². The Morgan fingerprint density at radius 3 is 2.08 bits per heavy atom. The van der Waals surface area contributed by atoms with Gasteiger partial charge < -0.3 is 5.11 Å². The lowest BCUT2D eigenvalue weighted by atomic mass is 9.85. The van der Waals surface area contributed by atoms with Crippen LogP contribution in [0.5, 0.6) is 0 Å². The number of aliphatic carboxylic acids is 1. The number of carbonyl (C=O) groups is 1. The van der Waals surface area contributed by atoms with Crippen LogP contribution in [-0.4, -0.2) is 16.9 Å². The standard InChI is InChI=1S/C7H14N2O4/c8-12-7(13-9)3-1-5(2-4-7)6(10)11/h5H,1-4,8-9H2,(H,10,11). The molecular formula is C7H14N2O4. The highest BCUT2D eigenvalue weighted by Gasteiger charge is 2.39. The van der Waals surface area contributed by atoms with Gasteiger partial charge in [0.1, 0.15) is 0 Å². The van der Waals surface area contributed by atoms with Crippen LogP contribution >= 0.6 is 0 Å². The minimum atomic E-state index is -0.980. The molecule has 5 N–H and O–H groups in total. The summed E-state index contributed by atoms with van der Waals surface area (Å²) in [4.78, 5) is 19.8. The predicted octanol–water partition coefficient (Wildman–Crippen LogP) is -0.262. The molecule has 0 aromatic rings. The van der Waals surface area contributed by atoms with Crippen LogP contribution in [0.25, 0.3) is 0 Å². The molecule has 0 radical (unpaired) electrons. The topological polar surface area (TPSA) is 108 Å². The second-order valence-electron chi connectivity index (χ2n) is 3.26. The summed E-state index contributed by atoms with van der Waals surface area (Å²) >= 11 is 0. The molecule has 0 atom stereocenters. The van der Waals surface area contributed by atoms with Crippen LogP contribution in [0.15, 0.2) is 0 Å². The summed E-state index contributed by atoms with van der Waals surface area (Å²) in [5.41, 5.74) is 0. The summed E-state index contributed by atoms with van der Waals surface area (Å²) < 4.78 is 0. The third-order valence-corrected chi connectivity index (χ3v) is 2.53. The molecule has 76 valence electrons. The molecule has 0 amide bonds. The zero-order valence-corrected chi connectivity index (χ0v) is 7.23. The zero-order valence-electron chi connectivity index (χ0n) is 7.23. The average Bonchev–Trinajstić information content (AvgIpc) is 2.18. The van der Waals surface area contributed by atoms with Crippen molar-refractivity contribution in [1.29, 1.82) is 0 Å². The smallest absolute Gasteiger partial charge is 0.306 e. The fourth-order valence-corrected chi connectivity index (χ4v) is 1.57. The van der Waals surface area contributed by atoms with E-state index in [1.54, 1.807) is 0 Å². The van der Waals surface area contributed by atoms with Gasteiger partial charge in [0, 0.05) is 12.8 Å². The van der Waals surface area contributed by atoms with E-state index in [1.165, 1.54) is 0 Å². The van der Waals surface area contributed by atoms with Crippen molar-refractivity contribution in [3.05, 3.63) is 0 Å². The van der Waals surface area contributed by atoms with E-state index in [2.05, 4.69) is 9.68 Å². The Morgan fingerprint density at radius 2 is 1.77 bits per heavy atom. The first-order valence-electron chi connectivity index (χ1n) is 4.12. The number of carboxylic acid groups (broad SMARTS) is 1. The maximum Gasteiger partial charge on any atom is 0.306 e. The van der Waals surface area contributed by atoms with E-state index in [4.69, 9.17) is 16.9 Å². The van der Waals surface area contributed by atoms with Gasteiger partial charge in [-0.2, -0.15) is 0 Å². The van der Waals surface area contributed by atoms with Crippen LogP contribution in [0, 0.1) is 5.92 Å². The van der Waals surface area contributed by atoms with Gasteiger partial charge in [0.2, 0.25) is 5.79 Å². The molecule has 0 aromatic heterocycles. The Bertz CT molecular complexity index is 183. The zero-order chi connectivity index (χ0) is 9.90. The number of hydrogen-bond donors (Lipinski definition) is 3. The van der Waals surface area contributed by atoms with Crippen molar-refractivity contribution in [1.82, 2.24) is 0 Å². The largest absolute Gasteiger partial charge is 0.481 e. The normalized spacial score (nSPS) is 22.9. The molecule has 13 heavy (non-hydrogen) atoms. The molecule has 0 bridgehead atoms. The van der Waals surface area contributed by atoms with Crippen molar-refractivity contribution < 1.29 is 19.6 Å². The molecule has 0 unspecified atom stereocenters. The lowest BCUT2D eigenvalue weighted by Crippen LogP contribution is -2.45. The number of rotatable bonds is 3. The molecule has 1 rings (SSSR count). The van der Waals surface area contributed by atoms with Gasteiger partial charge in [-0.05, 0) is 12.8 Å². The van der Waals surface area contributed by atoms with E-state index in [-0.39, 0.29) is 5.92 Å². The molecule has 0 heterocycles. The lowest BCUT2D eigenvalue weighted by molar-refractivity contribution is -0.262. The van der Waals surface area contributed by atoms with Crippen molar-refractivity contribution in [3.8, 4) is 0 Å². The Kier molecular flexibility index (Phi) is 3.21. The van der Waals surface area contributed by atoms with Crippen molar-refractivity contribution in [3.63, 3.8) is 0 Å². The van der Waals surface area contributed by atoms with Gasteiger partial charge in [-0.25, -0.2) is 11.8 Å². The molecule has 1 fully saturated rings. The Hall–Kier alpha value is -0.690.